The summed E-state index contributed by atoms with van der Waals surface area (Å²) in [5.41, 5.74) is 3.08. The lowest BCUT2D eigenvalue weighted by Gasteiger charge is -2.16. The van der Waals surface area contributed by atoms with Crippen molar-refractivity contribution in [1.82, 2.24) is 15.2 Å². The van der Waals surface area contributed by atoms with E-state index < -0.39 is 17.7 Å². The Balaban J connectivity index is 2.28. The molecule has 0 radical (unpaired) electrons. The van der Waals surface area contributed by atoms with Gasteiger partial charge in [0.05, 0.1) is 11.7 Å². The summed E-state index contributed by atoms with van der Waals surface area (Å²) in [5, 5.41) is 4.16. The summed E-state index contributed by atoms with van der Waals surface area (Å²) >= 11 is 0. The first-order valence-electron chi connectivity index (χ1n) is 5.50. The molecule has 6 heteroatoms. The van der Waals surface area contributed by atoms with E-state index in [1.807, 2.05) is 0 Å². The van der Waals surface area contributed by atoms with Gasteiger partial charge in [0, 0.05) is 25.2 Å². The number of nitrogens with two attached hydrogens (primary N) is 1. The lowest BCUT2D eigenvalue weighted by atomic mass is 10.0. The zero-order chi connectivity index (χ0) is 13.1. The maximum atomic E-state index is 13.6. The average molecular weight is 252 g/mol. The van der Waals surface area contributed by atoms with Gasteiger partial charge in [-0.2, -0.15) is 5.10 Å². The molecule has 1 heterocycles. The molecule has 4 nitrogen and oxygen atoms in total. The lowest BCUT2D eigenvalue weighted by Crippen LogP contribution is -2.31. The second-order valence-corrected chi connectivity index (χ2v) is 4.04. The molecule has 2 rings (SSSR count). The highest BCUT2D eigenvalue weighted by Crippen LogP contribution is 2.22. The number of rotatable bonds is 4. The molecule has 0 spiro atoms. The van der Waals surface area contributed by atoms with E-state index in [4.69, 9.17) is 5.84 Å². The molecule has 1 aromatic carbocycles. The average Bonchev–Trinajstić information content (AvgIpc) is 2.73. The van der Waals surface area contributed by atoms with Crippen molar-refractivity contribution in [2.75, 3.05) is 0 Å². The van der Waals surface area contributed by atoms with Gasteiger partial charge in [0.25, 0.3) is 0 Å². The van der Waals surface area contributed by atoms with Crippen LogP contribution in [0.15, 0.2) is 30.5 Å². The minimum atomic E-state index is -0.652. The number of hydrogen-bond donors (Lipinski definition) is 2. The highest BCUT2D eigenvalue weighted by molar-refractivity contribution is 5.24. The van der Waals surface area contributed by atoms with Crippen LogP contribution in [0.3, 0.4) is 0 Å². The molecular formula is C12H14F2N4. The molecule has 0 aliphatic heterocycles. The predicted molar refractivity (Wildman–Crippen MR) is 63.3 cm³/mol. The van der Waals surface area contributed by atoms with E-state index in [0.29, 0.717) is 12.1 Å². The van der Waals surface area contributed by atoms with Gasteiger partial charge in [-0.15, -0.1) is 0 Å². The summed E-state index contributed by atoms with van der Waals surface area (Å²) in [6, 6.07) is 4.87. The van der Waals surface area contributed by atoms with Crippen molar-refractivity contribution < 1.29 is 8.78 Å². The molecule has 18 heavy (non-hydrogen) atoms. The number of halogens is 2. The molecule has 0 bridgehead atoms. The van der Waals surface area contributed by atoms with Crippen molar-refractivity contribution in [1.29, 1.82) is 0 Å². The molecule has 96 valence electrons. The highest BCUT2D eigenvalue weighted by atomic mass is 19.1. The Kier molecular flexibility index (Phi) is 3.69. The van der Waals surface area contributed by atoms with E-state index in [2.05, 4.69) is 10.5 Å². The van der Waals surface area contributed by atoms with Crippen LogP contribution in [0.5, 0.6) is 0 Å². The van der Waals surface area contributed by atoms with E-state index in [9.17, 15) is 8.78 Å². The van der Waals surface area contributed by atoms with E-state index in [1.54, 1.807) is 24.0 Å². The van der Waals surface area contributed by atoms with Gasteiger partial charge in [0.1, 0.15) is 11.6 Å². The van der Waals surface area contributed by atoms with Crippen molar-refractivity contribution in [2.45, 2.75) is 12.5 Å². The largest absolute Gasteiger partial charge is 0.276 e. The minimum Gasteiger partial charge on any atom is -0.276 e. The second-order valence-electron chi connectivity index (χ2n) is 4.04. The Morgan fingerprint density at radius 2 is 2.00 bits per heavy atom. The first-order chi connectivity index (χ1) is 8.61. The molecule has 1 unspecified atom stereocenters. The highest BCUT2D eigenvalue weighted by Gasteiger charge is 2.20. The summed E-state index contributed by atoms with van der Waals surface area (Å²) in [6.07, 6.45) is 2.08. The number of benzene rings is 1. The molecule has 0 aliphatic carbocycles. The molecule has 0 fully saturated rings. The number of aryl methyl sites for hydroxylation is 1. The van der Waals surface area contributed by atoms with Crippen LogP contribution in [0.2, 0.25) is 0 Å². The molecule has 1 atom stereocenters. The number of hydrogen-bond acceptors (Lipinski definition) is 3. The van der Waals surface area contributed by atoms with Gasteiger partial charge in [0.15, 0.2) is 0 Å². The fourth-order valence-corrected chi connectivity index (χ4v) is 1.87. The van der Waals surface area contributed by atoms with Crippen LogP contribution < -0.4 is 11.3 Å². The Bertz CT molecular complexity index is 518. The third-order valence-electron chi connectivity index (χ3n) is 2.73. The van der Waals surface area contributed by atoms with Crippen molar-refractivity contribution in [3.8, 4) is 0 Å². The monoisotopic (exact) mass is 252 g/mol. The Hall–Kier alpha value is -1.79. The van der Waals surface area contributed by atoms with E-state index >= 15 is 0 Å². The second kappa shape index (κ2) is 5.24. The van der Waals surface area contributed by atoms with Crippen molar-refractivity contribution in [3.63, 3.8) is 0 Å². The van der Waals surface area contributed by atoms with Gasteiger partial charge in [-0.3, -0.25) is 16.0 Å². The molecule has 2 aromatic rings. The van der Waals surface area contributed by atoms with Crippen molar-refractivity contribution in [2.24, 2.45) is 12.9 Å². The minimum absolute atomic E-state index is 0.0642. The normalized spacial score (nSPS) is 12.7. The van der Waals surface area contributed by atoms with Crippen LogP contribution in [-0.4, -0.2) is 9.78 Å². The van der Waals surface area contributed by atoms with Gasteiger partial charge in [-0.1, -0.05) is 6.07 Å². The maximum Gasteiger partial charge on any atom is 0.130 e. The third kappa shape index (κ3) is 2.55. The van der Waals surface area contributed by atoms with Crippen LogP contribution in [0.1, 0.15) is 17.3 Å². The van der Waals surface area contributed by atoms with Crippen LogP contribution in [0, 0.1) is 11.6 Å². The molecule has 1 aromatic heterocycles. The smallest absolute Gasteiger partial charge is 0.130 e. The number of nitrogens with zero attached hydrogens (tertiary/aromatic N) is 2. The van der Waals surface area contributed by atoms with Gasteiger partial charge in [-0.05, 0) is 18.2 Å². The van der Waals surface area contributed by atoms with Crippen LogP contribution in [-0.2, 0) is 13.5 Å². The molecule has 0 saturated carbocycles. The number of aromatic nitrogens is 2. The molecular weight excluding hydrogens is 238 g/mol. The Labute approximate surface area is 103 Å². The predicted octanol–water partition coefficient (Wildman–Crippen LogP) is 1.45. The molecule has 0 aliphatic rings. The van der Waals surface area contributed by atoms with E-state index in [1.165, 1.54) is 18.2 Å². The summed E-state index contributed by atoms with van der Waals surface area (Å²) in [5.74, 6) is 4.15. The zero-order valence-corrected chi connectivity index (χ0v) is 9.90. The van der Waals surface area contributed by atoms with Crippen molar-refractivity contribution in [3.05, 3.63) is 53.4 Å². The number of nitrogens with one attached hydrogen (secondary N) is 1. The van der Waals surface area contributed by atoms with Crippen LogP contribution in [0.4, 0.5) is 8.78 Å². The third-order valence-corrected chi connectivity index (χ3v) is 2.73. The fraction of sp³-hybridized carbons (Fsp3) is 0.250. The lowest BCUT2D eigenvalue weighted by molar-refractivity contribution is 0.469. The van der Waals surface area contributed by atoms with E-state index in [0.717, 1.165) is 0 Å². The summed E-state index contributed by atoms with van der Waals surface area (Å²) < 4.78 is 28.9. The first kappa shape index (κ1) is 12.7. The maximum absolute atomic E-state index is 13.6. The zero-order valence-electron chi connectivity index (χ0n) is 9.90. The first-order valence-corrected chi connectivity index (χ1v) is 5.50. The quantitative estimate of drug-likeness (QED) is 0.639. The Morgan fingerprint density at radius 1 is 1.33 bits per heavy atom. The molecule has 3 N–H and O–H groups in total. The summed E-state index contributed by atoms with van der Waals surface area (Å²) in [4.78, 5) is 0. The van der Waals surface area contributed by atoms with E-state index in [-0.39, 0.29) is 5.56 Å². The standard InChI is InChI=1S/C12H14F2N4/c1-18-6-5-8(17-18)7-11(16-15)12-9(13)3-2-4-10(12)14/h2-6,11,16H,7,15H2,1H3. The fourth-order valence-electron chi connectivity index (χ4n) is 1.87. The SMILES string of the molecule is Cn1ccc(CC(NN)c2c(F)cccc2F)n1. The topological polar surface area (TPSA) is 55.9 Å². The van der Waals surface area contributed by atoms with Crippen molar-refractivity contribution >= 4 is 0 Å². The van der Waals surface area contributed by atoms with Gasteiger partial charge >= 0.3 is 0 Å². The Morgan fingerprint density at radius 3 is 2.50 bits per heavy atom. The number of hydrazine groups is 1. The van der Waals surface area contributed by atoms with Crippen LogP contribution >= 0.6 is 0 Å². The van der Waals surface area contributed by atoms with Crippen LogP contribution in [0.25, 0.3) is 0 Å². The molecule has 0 amide bonds. The summed E-state index contributed by atoms with van der Waals surface area (Å²) in [7, 11) is 1.78. The summed E-state index contributed by atoms with van der Waals surface area (Å²) in [6.45, 7) is 0. The van der Waals surface area contributed by atoms with Gasteiger partial charge in [-0.25, -0.2) is 8.78 Å². The van der Waals surface area contributed by atoms with Gasteiger partial charge < -0.3 is 0 Å². The molecule has 0 saturated heterocycles. The van der Waals surface area contributed by atoms with Gasteiger partial charge in [0.2, 0.25) is 0 Å².